The van der Waals surface area contributed by atoms with Crippen molar-refractivity contribution in [1.82, 2.24) is 0 Å². The van der Waals surface area contributed by atoms with Gasteiger partial charge in [0.05, 0.1) is 10.2 Å². The number of carboxylic acids is 1. The molecule has 1 atom stereocenters. The molecule has 1 aliphatic heterocycles. The molecule has 8 heteroatoms. The van der Waals surface area contributed by atoms with Crippen LogP contribution in [0.2, 0.25) is 0 Å². The highest BCUT2D eigenvalue weighted by Crippen LogP contribution is 2.49. The van der Waals surface area contributed by atoms with Gasteiger partial charge in [-0.15, -0.1) is 11.3 Å². The summed E-state index contributed by atoms with van der Waals surface area (Å²) in [5.41, 5.74) is 1.71. The fourth-order valence-electron chi connectivity index (χ4n) is 3.36. The van der Waals surface area contributed by atoms with Crippen LogP contribution in [0.1, 0.15) is 32.5 Å². The maximum absolute atomic E-state index is 13.8. The highest BCUT2D eigenvalue weighted by Gasteiger charge is 2.34. The third-order valence-corrected chi connectivity index (χ3v) is 6.46. The Morgan fingerprint density at radius 2 is 2.00 bits per heavy atom. The fourth-order valence-corrected chi connectivity index (χ4v) is 5.00. The van der Waals surface area contributed by atoms with Gasteiger partial charge in [0.15, 0.2) is 0 Å². The number of rotatable bonds is 3. The van der Waals surface area contributed by atoms with Gasteiger partial charge in [0.1, 0.15) is 16.5 Å². The first kappa shape index (κ1) is 18.8. The van der Waals surface area contributed by atoms with Gasteiger partial charge in [0.25, 0.3) is 0 Å². The number of halogens is 3. The van der Waals surface area contributed by atoms with Gasteiger partial charge in [-0.3, -0.25) is 4.79 Å². The van der Waals surface area contributed by atoms with Crippen LogP contribution in [0.3, 0.4) is 0 Å². The molecule has 0 radical (unpaired) electrons. The summed E-state index contributed by atoms with van der Waals surface area (Å²) in [4.78, 5) is 24.9. The molecule has 0 bridgehead atoms. The van der Waals surface area contributed by atoms with Gasteiger partial charge in [-0.25, -0.2) is 13.6 Å². The third-order valence-electron chi connectivity index (χ3n) is 4.56. The molecule has 4 nitrogen and oxygen atoms in total. The number of amides is 1. The molecule has 4 rings (SSSR count). The molecule has 1 unspecified atom stereocenters. The zero-order valence-electron chi connectivity index (χ0n) is 14.1. The number of carbonyl (C=O) groups is 2. The minimum atomic E-state index is -1.16. The zero-order valence-corrected chi connectivity index (χ0v) is 16.5. The number of benzene rings is 2. The molecule has 1 amide bonds. The first-order valence-electron chi connectivity index (χ1n) is 8.26. The largest absolute Gasteiger partial charge is 0.477 e. The van der Waals surface area contributed by atoms with Crippen molar-refractivity contribution in [3.8, 4) is 11.1 Å². The smallest absolute Gasteiger partial charge is 0.346 e. The van der Waals surface area contributed by atoms with Crippen molar-refractivity contribution >= 4 is 44.8 Å². The molecular weight excluding hydrogens is 452 g/mol. The first-order chi connectivity index (χ1) is 13.3. The van der Waals surface area contributed by atoms with Crippen LogP contribution in [0, 0.1) is 11.6 Å². The Morgan fingerprint density at radius 3 is 2.68 bits per heavy atom. The molecule has 2 heterocycles. The number of aromatic carboxylic acids is 1. The molecule has 2 aromatic carbocycles. The molecule has 1 aliphatic rings. The summed E-state index contributed by atoms with van der Waals surface area (Å²) < 4.78 is 27.6. The van der Waals surface area contributed by atoms with Crippen molar-refractivity contribution in [1.29, 1.82) is 0 Å². The van der Waals surface area contributed by atoms with Crippen LogP contribution >= 0.6 is 27.3 Å². The Hall–Kier alpha value is -2.58. The number of carbonyl (C=O) groups excluding carboxylic acids is 1. The molecule has 28 heavy (non-hydrogen) atoms. The van der Waals surface area contributed by atoms with E-state index in [1.54, 1.807) is 18.2 Å². The second kappa shape index (κ2) is 7.10. The quantitative estimate of drug-likeness (QED) is 0.528. The van der Waals surface area contributed by atoms with Gasteiger partial charge in [-0.2, -0.15) is 0 Å². The normalized spacial score (nSPS) is 15.8. The molecule has 3 aromatic rings. The van der Waals surface area contributed by atoms with E-state index in [9.17, 15) is 23.5 Å². The maximum Gasteiger partial charge on any atom is 0.346 e. The van der Waals surface area contributed by atoms with Crippen LogP contribution < -0.4 is 5.32 Å². The summed E-state index contributed by atoms with van der Waals surface area (Å²) >= 11 is 4.19. The van der Waals surface area contributed by atoms with Crippen molar-refractivity contribution in [2.45, 2.75) is 12.3 Å². The van der Waals surface area contributed by atoms with Gasteiger partial charge in [-0.05, 0) is 51.3 Å². The lowest BCUT2D eigenvalue weighted by atomic mass is 9.88. The van der Waals surface area contributed by atoms with Crippen molar-refractivity contribution in [3.63, 3.8) is 0 Å². The average Bonchev–Trinajstić information content (AvgIpc) is 3.03. The standard InChI is InChI=1S/C20H12BrF2NO3S/c21-13-7-9(4-5-14(13)23)12-8-15(25)24-17-16(10-2-1-3-11(22)6-10)19(20(26)27)28-18(12)17/h1-7,12H,8H2,(H,24,25)(H,26,27). The van der Waals surface area contributed by atoms with E-state index in [0.29, 0.717) is 21.7 Å². The topological polar surface area (TPSA) is 66.4 Å². The van der Waals surface area contributed by atoms with E-state index in [1.165, 1.54) is 24.3 Å². The molecule has 1 aromatic heterocycles. The number of thiophene rings is 1. The Bertz CT molecular complexity index is 1130. The van der Waals surface area contributed by atoms with Crippen molar-refractivity contribution in [2.24, 2.45) is 0 Å². The van der Waals surface area contributed by atoms with Crippen molar-refractivity contribution in [3.05, 3.63) is 73.9 Å². The fraction of sp³-hybridized carbons (Fsp3) is 0.100. The number of carboxylic acid groups (broad SMARTS) is 1. The van der Waals surface area contributed by atoms with Crippen LogP contribution in [0.15, 0.2) is 46.9 Å². The Labute approximate surface area is 171 Å². The van der Waals surface area contributed by atoms with Crippen LogP contribution in [-0.2, 0) is 4.79 Å². The van der Waals surface area contributed by atoms with Crippen LogP contribution in [-0.4, -0.2) is 17.0 Å². The molecule has 0 spiro atoms. The Morgan fingerprint density at radius 1 is 1.21 bits per heavy atom. The molecule has 2 N–H and O–H groups in total. The monoisotopic (exact) mass is 463 g/mol. The summed E-state index contributed by atoms with van der Waals surface area (Å²) in [7, 11) is 0. The van der Waals surface area contributed by atoms with E-state index < -0.39 is 23.5 Å². The number of anilines is 1. The van der Waals surface area contributed by atoms with E-state index in [0.717, 1.165) is 11.3 Å². The molecule has 0 fully saturated rings. The second-order valence-electron chi connectivity index (χ2n) is 6.34. The highest BCUT2D eigenvalue weighted by molar-refractivity contribution is 9.10. The van der Waals surface area contributed by atoms with Crippen LogP contribution in [0.4, 0.5) is 14.5 Å². The van der Waals surface area contributed by atoms with E-state index in [2.05, 4.69) is 21.2 Å². The molecule has 0 aliphatic carbocycles. The molecule has 0 saturated heterocycles. The summed E-state index contributed by atoms with van der Waals surface area (Å²) in [6, 6.07) is 10.0. The summed E-state index contributed by atoms with van der Waals surface area (Å²) in [6.45, 7) is 0. The van der Waals surface area contributed by atoms with E-state index in [-0.39, 0.29) is 27.2 Å². The lowest BCUT2D eigenvalue weighted by Crippen LogP contribution is -2.22. The Kier molecular flexibility index (Phi) is 4.76. The van der Waals surface area contributed by atoms with E-state index >= 15 is 0 Å². The minimum Gasteiger partial charge on any atom is -0.477 e. The van der Waals surface area contributed by atoms with Crippen LogP contribution in [0.5, 0.6) is 0 Å². The van der Waals surface area contributed by atoms with Gasteiger partial charge >= 0.3 is 5.97 Å². The number of fused-ring (bicyclic) bond motifs is 1. The average molecular weight is 464 g/mol. The highest BCUT2D eigenvalue weighted by atomic mass is 79.9. The van der Waals surface area contributed by atoms with E-state index in [1.807, 2.05) is 0 Å². The zero-order chi connectivity index (χ0) is 20.0. The summed E-state index contributed by atoms with van der Waals surface area (Å²) in [6.07, 6.45) is 0.104. The second-order valence-corrected chi connectivity index (χ2v) is 8.25. The van der Waals surface area contributed by atoms with Crippen molar-refractivity contribution in [2.75, 3.05) is 5.32 Å². The lowest BCUT2D eigenvalue weighted by molar-refractivity contribution is -0.116. The molecule has 0 saturated carbocycles. The lowest BCUT2D eigenvalue weighted by Gasteiger charge is -2.24. The Balaban J connectivity index is 1.94. The summed E-state index contributed by atoms with van der Waals surface area (Å²) in [5, 5.41) is 12.4. The predicted molar refractivity (Wildman–Crippen MR) is 106 cm³/mol. The van der Waals surface area contributed by atoms with Gasteiger partial charge in [-0.1, -0.05) is 18.2 Å². The van der Waals surface area contributed by atoms with Crippen LogP contribution in [0.25, 0.3) is 11.1 Å². The third kappa shape index (κ3) is 3.22. The van der Waals surface area contributed by atoms with E-state index in [4.69, 9.17) is 0 Å². The summed E-state index contributed by atoms with van der Waals surface area (Å²) in [5.74, 6) is -2.81. The predicted octanol–water partition coefficient (Wildman–Crippen LogP) is 5.63. The van der Waals surface area contributed by atoms with Crippen molar-refractivity contribution < 1.29 is 23.5 Å². The van der Waals surface area contributed by atoms with Gasteiger partial charge < -0.3 is 10.4 Å². The van der Waals surface area contributed by atoms with Gasteiger partial charge in [0.2, 0.25) is 5.91 Å². The minimum absolute atomic E-state index is 0.0176. The SMILES string of the molecule is O=C1CC(c2ccc(F)c(Br)c2)c2sc(C(=O)O)c(-c3cccc(F)c3)c2N1. The number of hydrogen-bond donors (Lipinski definition) is 2. The molecular formula is C20H12BrF2NO3S. The maximum atomic E-state index is 13.8. The molecule has 142 valence electrons. The number of nitrogens with one attached hydrogen (secondary N) is 1. The number of hydrogen-bond acceptors (Lipinski definition) is 3. The first-order valence-corrected chi connectivity index (χ1v) is 9.87. The van der Waals surface area contributed by atoms with Gasteiger partial charge in [0, 0.05) is 22.8 Å².